The first-order valence-electron chi connectivity index (χ1n) is 5.35. The van der Waals surface area contributed by atoms with Crippen LogP contribution in [0, 0.1) is 0 Å². The lowest BCUT2D eigenvalue weighted by Crippen LogP contribution is -2.54. The van der Waals surface area contributed by atoms with Crippen LogP contribution in [0.3, 0.4) is 0 Å². The molecule has 1 saturated carbocycles. The minimum absolute atomic E-state index is 0.0561. The van der Waals surface area contributed by atoms with Gasteiger partial charge in [0.1, 0.15) is 11.7 Å². The first kappa shape index (κ1) is 9.09. The molecule has 4 nitrogen and oxygen atoms in total. The van der Waals surface area contributed by atoms with E-state index in [1.807, 2.05) is 6.92 Å². The van der Waals surface area contributed by atoms with Crippen LogP contribution in [0.2, 0.25) is 0 Å². The second kappa shape index (κ2) is 2.92. The molecule has 0 amide bonds. The SMILES string of the molecule is C[C@@]12CO[C@H]3CCCC[C@]3(OC1)OO2. The highest BCUT2D eigenvalue weighted by Gasteiger charge is 2.55. The molecule has 1 aliphatic carbocycles. The molecule has 3 atom stereocenters. The third-order valence-corrected chi connectivity index (χ3v) is 3.33. The highest BCUT2D eigenvalue weighted by Crippen LogP contribution is 2.43. The van der Waals surface area contributed by atoms with Crippen LogP contribution in [-0.4, -0.2) is 30.7 Å². The summed E-state index contributed by atoms with van der Waals surface area (Å²) >= 11 is 0. The van der Waals surface area contributed by atoms with Gasteiger partial charge < -0.3 is 9.47 Å². The van der Waals surface area contributed by atoms with Gasteiger partial charge in [-0.15, -0.1) is 0 Å². The molecule has 14 heavy (non-hydrogen) atoms. The number of ether oxygens (including phenoxy) is 2. The van der Waals surface area contributed by atoms with Crippen molar-refractivity contribution in [2.45, 2.75) is 50.1 Å². The average molecular weight is 200 g/mol. The lowest BCUT2D eigenvalue weighted by atomic mass is 9.91. The Morgan fingerprint density at radius 3 is 2.86 bits per heavy atom. The molecule has 0 radical (unpaired) electrons. The maximum atomic E-state index is 5.82. The average Bonchev–Trinajstić information content (AvgIpc) is 2.45. The largest absolute Gasteiger partial charge is 0.369 e. The van der Waals surface area contributed by atoms with Crippen molar-refractivity contribution in [1.29, 1.82) is 0 Å². The summed E-state index contributed by atoms with van der Waals surface area (Å²) in [6, 6.07) is 0. The first-order valence-corrected chi connectivity index (χ1v) is 5.35. The third kappa shape index (κ3) is 1.21. The van der Waals surface area contributed by atoms with E-state index in [0.29, 0.717) is 13.2 Å². The van der Waals surface area contributed by atoms with Gasteiger partial charge in [-0.3, -0.25) is 0 Å². The molecule has 3 saturated heterocycles. The summed E-state index contributed by atoms with van der Waals surface area (Å²) in [5, 5.41) is 0. The molecule has 0 N–H and O–H groups in total. The van der Waals surface area contributed by atoms with Gasteiger partial charge >= 0.3 is 0 Å². The molecule has 0 aromatic heterocycles. The second-order valence-electron chi connectivity index (χ2n) is 4.76. The number of hydrogen-bond acceptors (Lipinski definition) is 4. The van der Waals surface area contributed by atoms with Crippen molar-refractivity contribution >= 4 is 0 Å². The summed E-state index contributed by atoms with van der Waals surface area (Å²) in [6.45, 7) is 3.10. The number of fused-ring (bicyclic) bond motifs is 3. The minimum atomic E-state index is -0.603. The van der Waals surface area contributed by atoms with Crippen molar-refractivity contribution in [3.8, 4) is 0 Å². The van der Waals surface area contributed by atoms with Crippen molar-refractivity contribution in [2.75, 3.05) is 13.2 Å². The van der Waals surface area contributed by atoms with E-state index in [-0.39, 0.29) is 6.10 Å². The molecule has 0 aromatic rings. The van der Waals surface area contributed by atoms with Crippen LogP contribution in [-0.2, 0) is 19.2 Å². The van der Waals surface area contributed by atoms with E-state index < -0.39 is 11.4 Å². The fourth-order valence-electron chi connectivity index (χ4n) is 2.39. The molecular weight excluding hydrogens is 184 g/mol. The smallest absolute Gasteiger partial charge is 0.228 e. The zero-order valence-corrected chi connectivity index (χ0v) is 8.45. The van der Waals surface area contributed by atoms with Gasteiger partial charge in [0.25, 0.3) is 0 Å². The summed E-state index contributed by atoms with van der Waals surface area (Å²) in [4.78, 5) is 10.8. The van der Waals surface area contributed by atoms with E-state index in [9.17, 15) is 0 Å². The van der Waals surface area contributed by atoms with Gasteiger partial charge in [0.05, 0.1) is 13.2 Å². The van der Waals surface area contributed by atoms with Gasteiger partial charge in [-0.05, 0) is 19.8 Å². The molecule has 4 rings (SSSR count). The summed E-state index contributed by atoms with van der Waals surface area (Å²) in [6.07, 6.45) is 4.27. The molecule has 4 heteroatoms. The van der Waals surface area contributed by atoms with Crippen LogP contribution < -0.4 is 0 Å². The summed E-state index contributed by atoms with van der Waals surface area (Å²) in [5.41, 5.74) is -0.414. The summed E-state index contributed by atoms with van der Waals surface area (Å²) in [7, 11) is 0. The monoisotopic (exact) mass is 200 g/mol. The van der Waals surface area contributed by atoms with Crippen molar-refractivity contribution in [3.63, 3.8) is 0 Å². The zero-order chi connectivity index (χ0) is 9.65. The maximum absolute atomic E-state index is 5.82. The van der Waals surface area contributed by atoms with Crippen molar-refractivity contribution in [3.05, 3.63) is 0 Å². The van der Waals surface area contributed by atoms with Crippen LogP contribution in [0.1, 0.15) is 32.6 Å². The molecule has 4 fully saturated rings. The van der Waals surface area contributed by atoms with E-state index >= 15 is 0 Å². The molecule has 3 aliphatic heterocycles. The zero-order valence-electron chi connectivity index (χ0n) is 8.45. The predicted molar refractivity (Wildman–Crippen MR) is 47.5 cm³/mol. The second-order valence-corrected chi connectivity index (χ2v) is 4.76. The van der Waals surface area contributed by atoms with E-state index in [2.05, 4.69) is 0 Å². The van der Waals surface area contributed by atoms with Crippen LogP contribution in [0.25, 0.3) is 0 Å². The fraction of sp³-hybridized carbons (Fsp3) is 1.00. The Labute approximate surface area is 83.4 Å². The Kier molecular flexibility index (Phi) is 1.89. The third-order valence-electron chi connectivity index (χ3n) is 3.33. The number of hydrogen-bond donors (Lipinski definition) is 0. The van der Waals surface area contributed by atoms with Crippen molar-refractivity contribution in [1.82, 2.24) is 0 Å². The van der Waals surface area contributed by atoms with Gasteiger partial charge in [0.2, 0.25) is 5.79 Å². The number of rotatable bonds is 0. The molecule has 3 heterocycles. The standard InChI is InChI=1S/C10H16O4/c1-9-6-11-8-4-2-3-5-10(8,12-7-9)14-13-9/h8H,2-7H2,1H3/t8-,9+,10-/m0/s1. The van der Waals surface area contributed by atoms with Gasteiger partial charge in [-0.2, -0.15) is 4.89 Å². The molecule has 4 aliphatic rings. The topological polar surface area (TPSA) is 36.9 Å². The normalized spacial score (nSPS) is 52.5. The minimum Gasteiger partial charge on any atom is -0.369 e. The van der Waals surface area contributed by atoms with E-state index in [0.717, 1.165) is 19.3 Å². The van der Waals surface area contributed by atoms with E-state index in [4.69, 9.17) is 19.2 Å². The van der Waals surface area contributed by atoms with Crippen LogP contribution in [0.5, 0.6) is 0 Å². The Bertz CT molecular complexity index is 227. The fourth-order valence-corrected chi connectivity index (χ4v) is 2.39. The molecule has 2 bridgehead atoms. The first-order chi connectivity index (χ1) is 6.73. The lowest BCUT2D eigenvalue weighted by molar-refractivity contribution is -0.507. The maximum Gasteiger partial charge on any atom is 0.228 e. The predicted octanol–water partition coefficient (Wildman–Crippen LogP) is 1.39. The molecule has 80 valence electrons. The van der Waals surface area contributed by atoms with Crippen LogP contribution in [0.4, 0.5) is 0 Å². The quantitative estimate of drug-likeness (QED) is 0.554. The molecule has 1 spiro atoms. The van der Waals surface area contributed by atoms with Gasteiger partial charge in [-0.25, -0.2) is 4.89 Å². The summed E-state index contributed by atoms with van der Waals surface area (Å²) < 4.78 is 11.6. The van der Waals surface area contributed by atoms with Gasteiger partial charge in [0, 0.05) is 6.42 Å². The lowest BCUT2D eigenvalue weighted by Gasteiger charge is -2.43. The van der Waals surface area contributed by atoms with E-state index in [1.54, 1.807) is 0 Å². The molecule has 0 unspecified atom stereocenters. The molecule has 0 aromatic carbocycles. The van der Waals surface area contributed by atoms with Crippen molar-refractivity contribution < 1.29 is 19.2 Å². The van der Waals surface area contributed by atoms with Crippen LogP contribution >= 0.6 is 0 Å². The van der Waals surface area contributed by atoms with Gasteiger partial charge in [0.15, 0.2) is 0 Å². The van der Waals surface area contributed by atoms with Crippen LogP contribution in [0.15, 0.2) is 0 Å². The molecular formula is C10H16O4. The Hall–Kier alpha value is -0.160. The Morgan fingerprint density at radius 1 is 1.14 bits per heavy atom. The van der Waals surface area contributed by atoms with Crippen molar-refractivity contribution in [2.24, 2.45) is 0 Å². The highest BCUT2D eigenvalue weighted by molar-refractivity contribution is 4.92. The Morgan fingerprint density at radius 2 is 2.07 bits per heavy atom. The highest BCUT2D eigenvalue weighted by atomic mass is 17.3. The summed E-state index contributed by atoms with van der Waals surface area (Å²) in [5.74, 6) is -0.603. The van der Waals surface area contributed by atoms with E-state index in [1.165, 1.54) is 6.42 Å². The Balaban J connectivity index is 1.89. The van der Waals surface area contributed by atoms with Gasteiger partial charge in [-0.1, -0.05) is 6.42 Å².